The summed E-state index contributed by atoms with van der Waals surface area (Å²) in [5.41, 5.74) is -2.22. The molecule has 0 saturated carbocycles. The van der Waals surface area contributed by atoms with Crippen molar-refractivity contribution in [2.45, 2.75) is 13.3 Å². The molecule has 1 rings (SSSR count). The van der Waals surface area contributed by atoms with Crippen LogP contribution in [0.25, 0.3) is 0 Å². The van der Waals surface area contributed by atoms with E-state index in [-0.39, 0.29) is 11.3 Å². The third-order valence-electron chi connectivity index (χ3n) is 1.80. The minimum Gasteiger partial charge on any atom is -0.477 e. The predicted molar refractivity (Wildman–Crippen MR) is 43.7 cm³/mol. The van der Waals surface area contributed by atoms with Gasteiger partial charge in [0.05, 0.1) is 5.56 Å². The van der Waals surface area contributed by atoms with Crippen LogP contribution in [-0.2, 0) is 0 Å². The third-order valence-corrected chi connectivity index (χ3v) is 1.80. The number of alkyl halides is 2. The van der Waals surface area contributed by atoms with Gasteiger partial charge in [0.2, 0.25) is 0 Å². The second-order valence-corrected chi connectivity index (χ2v) is 2.68. The minimum atomic E-state index is -2.90. The normalized spacial score (nSPS) is 10.6. The molecule has 0 saturated heterocycles. The highest BCUT2D eigenvalue weighted by Gasteiger charge is 2.17. The van der Waals surface area contributed by atoms with Crippen LogP contribution in [0.15, 0.2) is 11.0 Å². The van der Waals surface area contributed by atoms with E-state index in [4.69, 9.17) is 5.11 Å². The number of H-pyrrole nitrogens is 1. The summed E-state index contributed by atoms with van der Waals surface area (Å²) in [6, 6.07) is 0. The van der Waals surface area contributed by atoms with Crippen LogP contribution in [0.5, 0.6) is 0 Å². The van der Waals surface area contributed by atoms with E-state index >= 15 is 0 Å². The lowest BCUT2D eigenvalue weighted by molar-refractivity contribution is 0.0688. The Bertz CT molecular complexity index is 425. The van der Waals surface area contributed by atoms with Gasteiger partial charge in [-0.25, -0.2) is 13.6 Å². The van der Waals surface area contributed by atoms with E-state index in [1.54, 1.807) is 0 Å². The van der Waals surface area contributed by atoms with Gasteiger partial charge in [0.15, 0.2) is 5.43 Å². The number of nitrogens with one attached hydrogen (secondary N) is 1. The molecule has 0 radical (unpaired) electrons. The highest BCUT2D eigenvalue weighted by Crippen LogP contribution is 2.14. The van der Waals surface area contributed by atoms with Crippen molar-refractivity contribution in [2.75, 3.05) is 0 Å². The first-order valence-electron chi connectivity index (χ1n) is 3.68. The molecule has 0 aliphatic rings. The molecule has 0 aromatic carbocycles. The number of hydrogen-bond acceptors (Lipinski definition) is 2. The fourth-order valence-electron chi connectivity index (χ4n) is 1.04. The van der Waals surface area contributed by atoms with Gasteiger partial charge in [-0.15, -0.1) is 0 Å². The summed E-state index contributed by atoms with van der Waals surface area (Å²) in [7, 11) is 0. The molecule has 0 fully saturated rings. The molecule has 76 valence electrons. The van der Waals surface area contributed by atoms with Crippen LogP contribution in [0.3, 0.4) is 0 Å². The molecule has 0 bridgehead atoms. The van der Waals surface area contributed by atoms with Crippen molar-refractivity contribution in [1.82, 2.24) is 4.98 Å². The zero-order chi connectivity index (χ0) is 10.9. The fourth-order valence-corrected chi connectivity index (χ4v) is 1.04. The molecule has 2 N–H and O–H groups in total. The summed E-state index contributed by atoms with van der Waals surface area (Å²) in [4.78, 5) is 23.8. The van der Waals surface area contributed by atoms with Gasteiger partial charge in [-0.3, -0.25) is 4.79 Å². The van der Waals surface area contributed by atoms with Gasteiger partial charge in [-0.2, -0.15) is 0 Å². The Balaban J connectivity index is 3.42. The highest BCUT2D eigenvalue weighted by atomic mass is 19.3. The minimum absolute atomic E-state index is 0.213. The van der Waals surface area contributed by atoms with Crippen LogP contribution in [0.4, 0.5) is 8.78 Å². The average molecular weight is 203 g/mol. The molecule has 4 nitrogen and oxygen atoms in total. The van der Waals surface area contributed by atoms with Gasteiger partial charge < -0.3 is 10.1 Å². The van der Waals surface area contributed by atoms with Crippen molar-refractivity contribution in [3.8, 4) is 0 Å². The molecular formula is C8H7F2NO3. The highest BCUT2D eigenvalue weighted by molar-refractivity contribution is 5.86. The number of hydrogen-bond donors (Lipinski definition) is 2. The number of carboxylic acids is 1. The molecular weight excluding hydrogens is 196 g/mol. The molecule has 14 heavy (non-hydrogen) atoms. The summed E-state index contributed by atoms with van der Waals surface area (Å²) in [6.45, 7) is 1.19. The quantitative estimate of drug-likeness (QED) is 0.761. The lowest BCUT2D eigenvalue weighted by Gasteiger charge is -2.03. The Kier molecular flexibility index (Phi) is 2.64. The summed E-state index contributed by atoms with van der Waals surface area (Å²) in [5, 5.41) is 8.56. The van der Waals surface area contributed by atoms with Crippen LogP contribution in [0, 0.1) is 6.92 Å². The fraction of sp³-hybridized carbons (Fsp3) is 0.250. The van der Waals surface area contributed by atoms with Crippen LogP contribution >= 0.6 is 0 Å². The van der Waals surface area contributed by atoms with Gasteiger partial charge in [-0.05, 0) is 6.92 Å². The van der Waals surface area contributed by atoms with Gasteiger partial charge >= 0.3 is 5.97 Å². The number of aromatic nitrogens is 1. The van der Waals surface area contributed by atoms with Crippen molar-refractivity contribution in [2.24, 2.45) is 0 Å². The Morgan fingerprint density at radius 3 is 2.57 bits per heavy atom. The maximum atomic E-state index is 12.2. The number of aromatic amines is 1. The molecule has 0 unspecified atom stereocenters. The van der Waals surface area contributed by atoms with Crippen molar-refractivity contribution in [1.29, 1.82) is 0 Å². The molecule has 0 aliphatic heterocycles. The van der Waals surface area contributed by atoms with Crippen molar-refractivity contribution < 1.29 is 18.7 Å². The van der Waals surface area contributed by atoms with Crippen molar-refractivity contribution in [3.63, 3.8) is 0 Å². The Morgan fingerprint density at radius 1 is 1.57 bits per heavy atom. The van der Waals surface area contributed by atoms with E-state index in [2.05, 4.69) is 4.98 Å². The molecule has 1 heterocycles. The smallest absolute Gasteiger partial charge is 0.352 e. The molecule has 1 aromatic heterocycles. The summed E-state index contributed by atoms with van der Waals surface area (Å²) in [6.07, 6.45) is -2.18. The summed E-state index contributed by atoms with van der Waals surface area (Å²) >= 11 is 0. The van der Waals surface area contributed by atoms with Gasteiger partial charge in [0.1, 0.15) is 5.69 Å². The Hall–Kier alpha value is -1.72. The zero-order valence-corrected chi connectivity index (χ0v) is 7.17. The lowest BCUT2D eigenvalue weighted by Crippen LogP contribution is -2.18. The first kappa shape index (κ1) is 10.4. The lowest BCUT2D eigenvalue weighted by atomic mass is 10.1. The SMILES string of the molecule is Cc1c(C(=O)O)[nH]cc(C(F)F)c1=O. The molecule has 0 amide bonds. The van der Waals surface area contributed by atoms with Crippen LogP contribution in [0.2, 0.25) is 0 Å². The average Bonchev–Trinajstić information content (AvgIpc) is 2.08. The second-order valence-electron chi connectivity index (χ2n) is 2.68. The predicted octanol–water partition coefficient (Wildman–Crippen LogP) is 1.32. The van der Waals surface area contributed by atoms with Crippen molar-refractivity contribution >= 4 is 5.97 Å². The van der Waals surface area contributed by atoms with E-state index in [9.17, 15) is 18.4 Å². The number of rotatable bonds is 2. The molecule has 0 spiro atoms. The number of halogens is 2. The third kappa shape index (κ3) is 1.63. The number of pyridine rings is 1. The summed E-state index contributed by atoms with van der Waals surface area (Å²) < 4.78 is 24.3. The maximum Gasteiger partial charge on any atom is 0.352 e. The largest absolute Gasteiger partial charge is 0.477 e. The van der Waals surface area contributed by atoms with Gasteiger partial charge in [0, 0.05) is 11.8 Å². The Morgan fingerprint density at radius 2 is 2.14 bits per heavy atom. The monoisotopic (exact) mass is 203 g/mol. The topological polar surface area (TPSA) is 70.2 Å². The Labute approximate surface area is 77.2 Å². The first-order chi connectivity index (χ1) is 6.45. The van der Waals surface area contributed by atoms with E-state index in [0.29, 0.717) is 0 Å². The van der Waals surface area contributed by atoms with E-state index in [1.807, 2.05) is 0 Å². The van der Waals surface area contributed by atoms with Crippen molar-refractivity contribution in [3.05, 3.63) is 33.2 Å². The first-order valence-corrected chi connectivity index (χ1v) is 3.68. The van der Waals surface area contributed by atoms with Gasteiger partial charge in [-0.1, -0.05) is 0 Å². The molecule has 0 atom stereocenters. The van der Waals surface area contributed by atoms with E-state index in [0.717, 1.165) is 6.20 Å². The van der Waals surface area contributed by atoms with E-state index < -0.39 is 23.4 Å². The van der Waals surface area contributed by atoms with Crippen LogP contribution < -0.4 is 5.43 Å². The van der Waals surface area contributed by atoms with Gasteiger partial charge in [0.25, 0.3) is 6.43 Å². The maximum absolute atomic E-state index is 12.2. The second kappa shape index (κ2) is 3.57. The standard InChI is InChI=1S/C8H7F2NO3/c1-3-5(8(13)14)11-2-4(6(3)12)7(9)10/h2,7H,1H3,(H,11,12)(H,13,14). The molecule has 6 heteroatoms. The van der Waals surface area contributed by atoms with Crippen LogP contribution in [0.1, 0.15) is 28.0 Å². The van der Waals surface area contributed by atoms with E-state index in [1.165, 1.54) is 6.92 Å². The number of carbonyl (C=O) groups is 1. The molecule has 0 aliphatic carbocycles. The number of carboxylic acid groups (broad SMARTS) is 1. The zero-order valence-electron chi connectivity index (χ0n) is 7.17. The van der Waals surface area contributed by atoms with Crippen LogP contribution in [-0.4, -0.2) is 16.1 Å². The molecule has 1 aromatic rings. The summed E-state index contributed by atoms with van der Waals surface area (Å²) in [5.74, 6) is -1.35. The number of aromatic carboxylic acids is 1.